The average molecular weight is 304 g/mol. The molecule has 112 valence electrons. The Balaban J connectivity index is 1.84. The van der Waals surface area contributed by atoms with E-state index in [2.05, 4.69) is 9.97 Å². The van der Waals surface area contributed by atoms with Crippen LogP contribution in [-0.2, 0) is 0 Å². The summed E-state index contributed by atoms with van der Waals surface area (Å²) in [6, 6.07) is 14.2. The molecule has 5 nitrogen and oxygen atoms in total. The number of rotatable bonds is 2. The van der Waals surface area contributed by atoms with Gasteiger partial charge in [0.1, 0.15) is 29.0 Å². The highest BCUT2D eigenvalue weighted by atomic mass is 16.3. The van der Waals surface area contributed by atoms with Gasteiger partial charge in [-0.1, -0.05) is 30.3 Å². The summed E-state index contributed by atoms with van der Waals surface area (Å²) in [4.78, 5) is 20.0. The van der Waals surface area contributed by atoms with Crippen LogP contribution in [0.15, 0.2) is 70.2 Å². The zero-order chi connectivity index (χ0) is 15.8. The predicted octanol–water partition coefficient (Wildman–Crippen LogP) is 3.56. The number of benzene rings is 2. The molecule has 2 heterocycles. The largest absolute Gasteiger partial charge is 0.508 e. The van der Waals surface area contributed by atoms with Crippen molar-refractivity contribution in [3.63, 3.8) is 0 Å². The van der Waals surface area contributed by atoms with E-state index in [1.165, 1.54) is 18.4 Å². The number of nitrogens with zero attached hydrogens (tertiary/aromatic N) is 1. The van der Waals surface area contributed by atoms with Gasteiger partial charge in [-0.25, -0.2) is 4.98 Å². The van der Waals surface area contributed by atoms with Crippen molar-refractivity contribution in [2.24, 2.45) is 0 Å². The molecule has 0 bridgehead atoms. The minimum absolute atomic E-state index is 0.0535. The minimum Gasteiger partial charge on any atom is -0.508 e. The van der Waals surface area contributed by atoms with Crippen LogP contribution < -0.4 is 5.43 Å². The first kappa shape index (κ1) is 13.3. The molecule has 2 N–H and O–H groups in total. The lowest BCUT2D eigenvalue weighted by Crippen LogP contribution is -2.05. The van der Waals surface area contributed by atoms with Gasteiger partial charge < -0.3 is 14.5 Å². The highest BCUT2D eigenvalue weighted by Gasteiger charge is 2.13. The second-order valence-corrected chi connectivity index (χ2v) is 5.17. The Morgan fingerprint density at radius 3 is 2.74 bits per heavy atom. The van der Waals surface area contributed by atoms with Gasteiger partial charge in [-0.15, -0.1) is 0 Å². The number of H-pyrrole nitrogens is 1. The van der Waals surface area contributed by atoms with Crippen molar-refractivity contribution >= 4 is 11.0 Å². The third kappa shape index (κ3) is 2.28. The number of aromatic amines is 1. The summed E-state index contributed by atoms with van der Waals surface area (Å²) in [6.45, 7) is 0. The summed E-state index contributed by atoms with van der Waals surface area (Å²) in [7, 11) is 0. The highest BCUT2D eigenvalue weighted by Crippen LogP contribution is 2.23. The first-order valence-corrected chi connectivity index (χ1v) is 7.08. The first-order valence-electron chi connectivity index (χ1n) is 7.08. The van der Waals surface area contributed by atoms with Crippen molar-refractivity contribution in [3.05, 3.63) is 71.2 Å². The van der Waals surface area contributed by atoms with E-state index < -0.39 is 0 Å². The van der Waals surface area contributed by atoms with E-state index in [9.17, 15) is 9.90 Å². The van der Waals surface area contributed by atoms with Gasteiger partial charge in [0.2, 0.25) is 5.43 Å². The molecular formula is C18H12N2O3. The molecule has 0 aliphatic heterocycles. The Hall–Kier alpha value is -3.34. The maximum atomic E-state index is 12.6. The number of phenols is 1. The predicted molar refractivity (Wildman–Crippen MR) is 87.2 cm³/mol. The third-order valence-corrected chi connectivity index (χ3v) is 3.67. The van der Waals surface area contributed by atoms with Crippen LogP contribution in [0.2, 0.25) is 0 Å². The maximum absolute atomic E-state index is 12.6. The quantitative estimate of drug-likeness (QED) is 0.593. The van der Waals surface area contributed by atoms with Gasteiger partial charge in [0.25, 0.3) is 0 Å². The maximum Gasteiger partial charge on any atom is 0.203 e. The lowest BCUT2D eigenvalue weighted by Gasteiger charge is -2.01. The van der Waals surface area contributed by atoms with Gasteiger partial charge in [-0.05, 0) is 17.7 Å². The number of hydrogen-bond donors (Lipinski definition) is 2. The van der Waals surface area contributed by atoms with E-state index in [0.29, 0.717) is 22.4 Å². The van der Waals surface area contributed by atoms with E-state index in [0.717, 1.165) is 11.3 Å². The lowest BCUT2D eigenvalue weighted by atomic mass is 10.1. The standard InChI is InChI=1S/C18H12N2O3/c21-12-6-7-13-16(8-12)23-10-14(17(13)22)18-19-9-15(20-18)11-4-2-1-3-5-11/h1-10,21H,(H,19,20). The minimum atomic E-state index is -0.194. The van der Waals surface area contributed by atoms with E-state index in [1.54, 1.807) is 12.3 Å². The van der Waals surface area contributed by atoms with Crippen LogP contribution in [-0.4, -0.2) is 15.1 Å². The van der Waals surface area contributed by atoms with Crippen molar-refractivity contribution in [2.75, 3.05) is 0 Å². The molecule has 0 atom stereocenters. The summed E-state index contributed by atoms with van der Waals surface area (Å²) in [5.74, 6) is 0.505. The van der Waals surface area contributed by atoms with Gasteiger partial charge >= 0.3 is 0 Å². The molecule has 23 heavy (non-hydrogen) atoms. The molecule has 0 radical (unpaired) electrons. The summed E-state index contributed by atoms with van der Waals surface area (Å²) in [6.07, 6.45) is 3.04. The van der Waals surface area contributed by atoms with E-state index in [1.807, 2.05) is 30.3 Å². The Morgan fingerprint density at radius 2 is 1.91 bits per heavy atom. The highest BCUT2D eigenvalue weighted by molar-refractivity contribution is 5.81. The number of fused-ring (bicyclic) bond motifs is 1. The molecule has 2 aromatic carbocycles. The topological polar surface area (TPSA) is 79.1 Å². The molecule has 4 aromatic rings. The summed E-state index contributed by atoms with van der Waals surface area (Å²) in [5, 5.41) is 9.86. The normalized spacial score (nSPS) is 11.0. The molecule has 0 amide bonds. The molecule has 0 fully saturated rings. The second kappa shape index (κ2) is 5.14. The van der Waals surface area contributed by atoms with E-state index in [4.69, 9.17) is 4.42 Å². The van der Waals surface area contributed by atoms with Crippen LogP contribution in [0.5, 0.6) is 5.75 Å². The zero-order valence-electron chi connectivity index (χ0n) is 12.0. The van der Waals surface area contributed by atoms with Gasteiger partial charge in [-0.2, -0.15) is 0 Å². The number of phenolic OH excluding ortho intramolecular Hbond substituents is 1. The lowest BCUT2D eigenvalue weighted by molar-refractivity contribution is 0.474. The Labute approximate surface area is 130 Å². The van der Waals surface area contributed by atoms with E-state index >= 15 is 0 Å². The SMILES string of the molecule is O=c1c(-c2ncc(-c3ccccc3)[nH]2)coc2cc(O)ccc12. The molecule has 4 rings (SSSR count). The molecule has 0 spiro atoms. The van der Waals surface area contributed by atoms with Crippen LogP contribution in [0, 0.1) is 0 Å². The second-order valence-electron chi connectivity index (χ2n) is 5.17. The van der Waals surface area contributed by atoms with Gasteiger partial charge in [0.05, 0.1) is 17.3 Å². The van der Waals surface area contributed by atoms with Crippen molar-refractivity contribution in [2.45, 2.75) is 0 Å². The van der Waals surface area contributed by atoms with Crippen molar-refractivity contribution in [1.29, 1.82) is 0 Å². The molecule has 0 saturated heterocycles. The zero-order valence-corrected chi connectivity index (χ0v) is 12.0. The third-order valence-electron chi connectivity index (χ3n) is 3.67. The summed E-state index contributed by atoms with van der Waals surface area (Å²) >= 11 is 0. The number of imidazole rings is 1. The Kier molecular flexibility index (Phi) is 2.98. The number of aromatic nitrogens is 2. The van der Waals surface area contributed by atoms with Gasteiger partial charge in [0, 0.05) is 6.07 Å². The summed E-state index contributed by atoms with van der Waals surface area (Å²) < 4.78 is 5.45. The first-order chi connectivity index (χ1) is 11.2. The number of hydrogen-bond acceptors (Lipinski definition) is 4. The van der Waals surface area contributed by atoms with Crippen molar-refractivity contribution in [3.8, 4) is 28.4 Å². The smallest absolute Gasteiger partial charge is 0.203 e. The van der Waals surface area contributed by atoms with E-state index in [-0.39, 0.29) is 11.2 Å². The Bertz CT molecular complexity index is 1050. The molecule has 0 saturated carbocycles. The van der Waals surface area contributed by atoms with Gasteiger partial charge in [0.15, 0.2) is 0 Å². The monoisotopic (exact) mass is 304 g/mol. The van der Waals surface area contributed by atoms with Gasteiger partial charge in [-0.3, -0.25) is 4.79 Å². The van der Waals surface area contributed by atoms with Crippen LogP contribution in [0.4, 0.5) is 0 Å². The fraction of sp³-hybridized carbons (Fsp3) is 0. The average Bonchev–Trinajstić information content (AvgIpc) is 3.05. The molecule has 2 aromatic heterocycles. The fourth-order valence-corrected chi connectivity index (χ4v) is 2.50. The van der Waals surface area contributed by atoms with Crippen molar-refractivity contribution < 1.29 is 9.52 Å². The van der Waals surface area contributed by atoms with Crippen LogP contribution in [0.3, 0.4) is 0 Å². The number of aromatic hydroxyl groups is 1. The van der Waals surface area contributed by atoms with Crippen LogP contribution in [0.25, 0.3) is 33.6 Å². The molecular weight excluding hydrogens is 292 g/mol. The fourth-order valence-electron chi connectivity index (χ4n) is 2.50. The molecule has 0 aliphatic carbocycles. The van der Waals surface area contributed by atoms with Crippen molar-refractivity contribution in [1.82, 2.24) is 9.97 Å². The summed E-state index contributed by atoms with van der Waals surface area (Å²) in [5.41, 5.74) is 2.31. The molecule has 0 unspecified atom stereocenters. The number of nitrogens with one attached hydrogen (secondary N) is 1. The molecule has 0 aliphatic rings. The van der Waals surface area contributed by atoms with Crippen LogP contribution in [0.1, 0.15) is 0 Å². The Morgan fingerprint density at radius 1 is 1.09 bits per heavy atom. The molecule has 5 heteroatoms. The van der Waals surface area contributed by atoms with Crippen LogP contribution >= 0.6 is 0 Å².